The maximum absolute atomic E-state index is 12.0. The first-order valence-electron chi connectivity index (χ1n) is 9.44. The van der Waals surface area contributed by atoms with Gasteiger partial charge >= 0.3 is 12.0 Å². The molecule has 1 saturated heterocycles. The molecular weight excluding hydrogens is 362 g/mol. The summed E-state index contributed by atoms with van der Waals surface area (Å²) in [5.41, 5.74) is 1.18. The molecular formula is C19H25N5O4. The van der Waals surface area contributed by atoms with Crippen molar-refractivity contribution in [3.63, 3.8) is 0 Å². The largest absolute Gasteiger partial charge is 0.478 e. The van der Waals surface area contributed by atoms with Crippen LogP contribution in [0, 0.1) is 0 Å². The van der Waals surface area contributed by atoms with E-state index in [-0.39, 0.29) is 12.1 Å². The molecule has 0 aromatic carbocycles. The molecule has 0 radical (unpaired) electrons. The van der Waals surface area contributed by atoms with E-state index in [1.54, 1.807) is 0 Å². The fourth-order valence-electron chi connectivity index (χ4n) is 3.56. The van der Waals surface area contributed by atoms with Crippen molar-refractivity contribution in [2.24, 2.45) is 0 Å². The molecule has 2 aliphatic rings. The van der Waals surface area contributed by atoms with Crippen molar-refractivity contribution in [1.29, 1.82) is 0 Å². The van der Waals surface area contributed by atoms with Crippen LogP contribution in [0.5, 0.6) is 0 Å². The Morgan fingerprint density at radius 2 is 2.14 bits per heavy atom. The minimum absolute atomic E-state index is 0.0306. The van der Waals surface area contributed by atoms with Gasteiger partial charge in [0.05, 0.1) is 12.1 Å². The fraction of sp³-hybridized carbons (Fsp3) is 0.474. The Morgan fingerprint density at radius 3 is 2.79 bits per heavy atom. The summed E-state index contributed by atoms with van der Waals surface area (Å²) < 4.78 is 0. The van der Waals surface area contributed by atoms with E-state index >= 15 is 0 Å². The first-order chi connectivity index (χ1) is 13.6. The number of likely N-dealkylation sites (tertiary alicyclic amines) is 1. The lowest BCUT2D eigenvalue weighted by atomic mass is 9.93. The van der Waals surface area contributed by atoms with Gasteiger partial charge in [-0.2, -0.15) is 0 Å². The molecule has 0 atom stereocenters. The third-order valence-electron chi connectivity index (χ3n) is 5.14. The van der Waals surface area contributed by atoms with Crippen LogP contribution >= 0.6 is 0 Å². The quantitative estimate of drug-likeness (QED) is 0.645. The van der Waals surface area contributed by atoms with Crippen molar-refractivity contribution in [2.75, 3.05) is 32.7 Å². The highest BCUT2D eigenvalue weighted by atomic mass is 16.4. The number of nitrogens with one attached hydrogen (secondary N) is 1. The summed E-state index contributed by atoms with van der Waals surface area (Å²) in [5.74, 6) is -0.632. The second kappa shape index (κ2) is 9.32. The van der Waals surface area contributed by atoms with Gasteiger partial charge in [0.25, 0.3) is 0 Å². The molecule has 28 heavy (non-hydrogen) atoms. The standard InChI is InChI=1S/C19H25N5O4/c25-14-23(24-13-16(18(26)27)12-21-19(24)28)9-3-8-22-10-5-15(6-11-22)17-4-1-2-7-20-17/h1-2,4,7,13-15H,3,5-6,8-12H2,(H,21,28)(H,26,27). The molecule has 9 nitrogen and oxygen atoms in total. The monoisotopic (exact) mass is 387 g/mol. The number of hydrogen-bond donors (Lipinski definition) is 2. The molecule has 2 N–H and O–H groups in total. The number of aliphatic carboxylic acids is 1. The number of pyridine rings is 1. The topological polar surface area (TPSA) is 106 Å². The van der Waals surface area contributed by atoms with Crippen LogP contribution in [-0.4, -0.2) is 76.1 Å². The van der Waals surface area contributed by atoms with Gasteiger partial charge in [-0.1, -0.05) is 6.07 Å². The predicted molar refractivity (Wildman–Crippen MR) is 101 cm³/mol. The zero-order valence-electron chi connectivity index (χ0n) is 15.7. The van der Waals surface area contributed by atoms with Gasteiger partial charge in [-0.15, -0.1) is 0 Å². The van der Waals surface area contributed by atoms with Crippen LogP contribution in [0.4, 0.5) is 4.79 Å². The molecule has 3 rings (SSSR count). The van der Waals surface area contributed by atoms with E-state index in [2.05, 4.69) is 21.3 Å². The Bertz CT molecular complexity index is 731. The van der Waals surface area contributed by atoms with Crippen LogP contribution in [0.15, 0.2) is 36.2 Å². The van der Waals surface area contributed by atoms with E-state index in [4.69, 9.17) is 5.11 Å². The van der Waals surface area contributed by atoms with E-state index < -0.39 is 12.0 Å². The van der Waals surface area contributed by atoms with E-state index in [1.165, 1.54) is 11.2 Å². The SMILES string of the molecule is O=CN(CCCN1CCC(c2ccccn2)CC1)N1C=C(C(=O)O)CNC1=O. The van der Waals surface area contributed by atoms with Gasteiger partial charge in [-0.25, -0.2) is 19.6 Å². The third-order valence-corrected chi connectivity index (χ3v) is 5.14. The average molecular weight is 387 g/mol. The molecule has 0 saturated carbocycles. The smallest absolute Gasteiger partial charge is 0.340 e. The number of carbonyl (C=O) groups excluding carboxylic acids is 2. The van der Waals surface area contributed by atoms with Crippen LogP contribution in [0.3, 0.4) is 0 Å². The van der Waals surface area contributed by atoms with Gasteiger partial charge in [-0.3, -0.25) is 9.78 Å². The van der Waals surface area contributed by atoms with Gasteiger partial charge in [0.2, 0.25) is 6.41 Å². The third kappa shape index (κ3) is 4.86. The first-order valence-corrected chi connectivity index (χ1v) is 9.44. The fourth-order valence-corrected chi connectivity index (χ4v) is 3.56. The van der Waals surface area contributed by atoms with Gasteiger partial charge in [0.1, 0.15) is 0 Å². The number of hydrogen-bond acceptors (Lipinski definition) is 5. The number of carboxylic acid groups (broad SMARTS) is 1. The first kappa shape index (κ1) is 19.8. The molecule has 0 unspecified atom stereocenters. The minimum Gasteiger partial charge on any atom is -0.478 e. The van der Waals surface area contributed by atoms with Crippen molar-refractivity contribution >= 4 is 18.4 Å². The molecule has 0 spiro atoms. The molecule has 3 heterocycles. The molecule has 1 aromatic rings. The Balaban J connectivity index is 1.46. The van der Waals surface area contributed by atoms with Crippen LogP contribution in [0.2, 0.25) is 0 Å². The normalized spacial score (nSPS) is 18.4. The number of aromatic nitrogens is 1. The second-order valence-corrected chi connectivity index (χ2v) is 6.96. The Kier molecular flexibility index (Phi) is 6.59. The van der Waals surface area contributed by atoms with Crippen LogP contribution in [-0.2, 0) is 9.59 Å². The highest BCUT2D eigenvalue weighted by Gasteiger charge is 2.26. The number of rotatable bonds is 8. The molecule has 9 heteroatoms. The summed E-state index contributed by atoms with van der Waals surface area (Å²) in [5, 5.41) is 13.8. The van der Waals surface area contributed by atoms with E-state index in [1.807, 2.05) is 18.3 Å². The maximum Gasteiger partial charge on any atom is 0.340 e. The van der Waals surface area contributed by atoms with E-state index in [0.717, 1.165) is 43.2 Å². The highest BCUT2D eigenvalue weighted by molar-refractivity contribution is 5.91. The Morgan fingerprint density at radius 1 is 1.36 bits per heavy atom. The number of carboxylic acids is 1. The summed E-state index contributed by atoms with van der Waals surface area (Å²) in [6.07, 6.45) is 6.37. The Labute approximate surface area is 163 Å². The number of nitrogens with zero attached hydrogens (tertiary/aromatic N) is 4. The molecule has 1 fully saturated rings. The average Bonchev–Trinajstić information content (AvgIpc) is 2.73. The van der Waals surface area contributed by atoms with E-state index in [0.29, 0.717) is 25.3 Å². The molecule has 3 amide bonds. The van der Waals surface area contributed by atoms with Gasteiger partial charge in [-0.05, 0) is 51.0 Å². The molecule has 2 aliphatic heterocycles. The molecule has 150 valence electrons. The summed E-state index contributed by atoms with van der Waals surface area (Å²) in [4.78, 5) is 41.3. The van der Waals surface area contributed by atoms with Gasteiger partial charge in [0, 0.05) is 30.6 Å². The van der Waals surface area contributed by atoms with Crippen molar-refractivity contribution < 1.29 is 19.5 Å². The number of urea groups is 1. The Hall–Kier alpha value is -2.94. The van der Waals surface area contributed by atoms with E-state index in [9.17, 15) is 14.4 Å². The lowest BCUT2D eigenvalue weighted by Gasteiger charge is -2.34. The second-order valence-electron chi connectivity index (χ2n) is 6.96. The zero-order valence-corrected chi connectivity index (χ0v) is 15.7. The van der Waals surface area contributed by atoms with Gasteiger partial charge < -0.3 is 15.3 Å². The summed E-state index contributed by atoms with van der Waals surface area (Å²) in [6, 6.07) is 5.51. The molecule has 0 bridgehead atoms. The van der Waals surface area contributed by atoms with Crippen LogP contribution in [0.1, 0.15) is 30.9 Å². The number of piperidine rings is 1. The highest BCUT2D eigenvalue weighted by Crippen LogP contribution is 2.26. The lowest BCUT2D eigenvalue weighted by molar-refractivity contribution is -0.134. The lowest BCUT2D eigenvalue weighted by Crippen LogP contribution is -2.51. The minimum atomic E-state index is -1.12. The van der Waals surface area contributed by atoms with Crippen molar-refractivity contribution in [3.8, 4) is 0 Å². The van der Waals surface area contributed by atoms with Crippen LogP contribution in [0.25, 0.3) is 0 Å². The number of amides is 3. The molecule has 1 aromatic heterocycles. The maximum atomic E-state index is 12.0. The van der Waals surface area contributed by atoms with Crippen molar-refractivity contribution in [1.82, 2.24) is 25.2 Å². The van der Waals surface area contributed by atoms with Crippen molar-refractivity contribution in [3.05, 3.63) is 41.9 Å². The summed E-state index contributed by atoms with van der Waals surface area (Å²) in [7, 11) is 0. The molecule has 0 aliphatic carbocycles. The predicted octanol–water partition coefficient (Wildman–Crippen LogP) is 1.02. The number of carbonyl (C=O) groups is 3. The summed E-state index contributed by atoms with van der Waals surface area (Å²) >= 11 is 0. The van der Waals surface area contributed by atoms with Gasteiger partial charge in [0.15, 0.2) is 0 Å². The number of hydrazine groups is 1. The van der Waals surface area contributed by atoms with Crippen LogP contribution < -0.4 is 5.32 Å². The van der Waals surface area contributed by atoms with Crippen molar-refractivity contribution in [2.45, 2.75) is 25.2 Å². The zero-order chi connectivity index (χ0) is 19.9. The summed E-state index contributed by atoms with van der Waals surface area (Å²) in [6.45, 7) is 3.03.